The molecular weight excluding hydrogens is 515 g/mol. The molecule has 11 heteroatoms. The minimum atomic E-state index is -1.22. The second kappa shape index (κ2) is 10.5. The number of hydrogen-bond donors (Lipinski definition) is 0. The van der Waals surface area contributed by atoms with E-state index in [2.05, 4.69) is 10.1 Å². The molecule has 0 unspecified atom stereocenters. The minimum absolute atomic E-state index is 0.0941. The largest absolute Gasteiger partial charge is 0.466 e. The first-order valence-electron chi connectivity index (χ1n) is 13.2. The minimum Gasteiger partial charge on any atom is -0.466 e. The molecule has 4 heterocycles. The molecule has 4 aromatic rings. The first-order chi connectivity index (χ1) is 18.9. The summed E-state index contributed by atoms with van der Waals surface area (Å²) in [6.07, 6.45) is 1.90. The number of aromatic nitrogens is 4. The van der Waals surface area contributed by atoms with E-state index in [4.69, 9.17) is 19.2 Å². The van der Waals surface area contributed by atoms with E-state index < -0.39 is 23.9 Å². The molecule has 1 amide bonds. The first kappa shape index (κ1) is 27.6. The van der Waals surface area contributed by atoms with Gasteiger partial charge in [-0.25, -0.2) is 19.2 Å². The van der Waals surface area contributed by atoms with E-state index in [1.165, 1.54) is 4.90 Å². The summed E-state index contributed by atoms with van der Waals surface area (Å²) < 4.78 is 33.4. The number of likely N-dealkylation sites (N-methyl/N-ethyl adjacent to an activating group) is 1. The number of amides is 1. The maximum Gasteiger partial charge on any atom is 0.410 e. The van der Waals surface area contributed by atoms with Crippen LogP contribution in [0.1, 0.15) is 26.3 Å². The zero-order valence-corrected chi connectivity index (χ0v) is 23.9. The lowest BCUT2D eigenvalue weighted by molar-refractivity contribution is 0.0183. The summed E-state index contributed by atoms with van der Waals surface area (Å²) in [5, 5.41) is 6.36. The van der Waals surface area contributed by atoms with E-state index in [0.29, 0.717) is 23.6 Å². The Morgan fingerprint density at radius 1 is 1.20 bits per heavy atom. The van der Waals surface area contributed by atoms with Crippen molar-refractivity contribution in [2.75, 3.05) is 38.9 Å². The van der Waals surface area contributed by atoms with Crippen LogP contribution in [0.5, 0.6) is 5.75 Å². The fourth-order valence-corrected chi connectivity index (χ4v) is 5.04. The highest BCUT2D eigenvalue weighted by Crippen LogP contribution is 2.38. The van der Waals surface area contributed by atoms with Crippen LogP contribution in [0.2, 0.25) is 0 Å². The van der Waals surface area contributed by atoms with Crippen LogP contribution in [0, 0.1) is 6.92 Å². The molecule has 5 rings (SSSR count). The second-order valence-electron chi connectivity index (χ2n) is 11.2. The monoisotopic (exact) mass is 550 g/mol. The van der Waals surface area contributed by atoms with Crippen LogP contribution >= 0.6 is 0 Å². The summed E-state index contributed by atoms with van der Waals surface area (Å²) in [6.45, 7) is 7.92. The average Bonchev–Trinajstić information content (AvgIpc) is 3.48. The van der Waals surface area contributed by atoms with Gasteiger partial charge < -0.3 is 24.0 Å². The molecule has 212 valence electrons. The topological polar surface area (TPSA) is 94.8 Å². The molecule has 10 nitrogen and oxygen atoms in total. The molecule has 1 saturated heterocycles. The van der Waals surface area contributed by atoms with Gasteiger partial charge in [-0.2, -0.15) is 5.10 Å². The average molecular weight is 551 g/mol. The maximum atomic E-state index is 15.0. The van der Waals surface area contributed by atoms with Crippen LogP contribution in [0.15, 0.2) is 36.7 Å². The van der Waals surface area contributed by atoms with E-state index in [0.717, 1.165) is 33.1 Å². The number of anilines is 1. The number of hydrogen-bond acceptors (Lipinski definition) is 8. The van der Waals surface area contributed by atoms with E-state index in [9.17, 15) is 4.79 Å². The number of ether oxygens (including phenoxy) is 3. The molecule has 40 heavy (non-hydrogen) atoms. The van der Waals surface area contributed by atoms with Crippen molar-refractivity contribution >= 4 is 33.7 Å². The zero-order chi connectivity index (χ0) is 28.8. The van der Waals surface area contributed by atoms with Gasteiger partial charge in [-0.15, -0.1) is 0 Å². The molecule has 0 radical (unpaired) electrons. The van der Waals surface area contributed by atoms with Gasteiger partial charge in [-0.05, 0) is 52.0 Å². The fourth-order valence-electron chi connectivity index (χ4n) is 5.04. The molecule has 0 saturated carbocycles. The number of nitrogens with zero attached hydrogens (tertiary/aromatic N) is 6. The van der Waals surface area contributed by atoms with Gasteiger partial charge in [0.15, 0.2) is 12.4 Å². The molecule has 0 bridgehead atoms. The Kier molecular flexibility index (Phi) is 7.26. The highest BCUT2D eigenvalue weighted by molar-refractivity contribution is 5.92. The van der Waals surface area contributed by atoms with E-state index >= 15 is 4.39 Å². The summed E-state index contributed by atoms with van der Waals surface area (Å²) in [4.78, 5) is 25.2. The van der Waals surface area contributed by atoms with Gasteiger partial charge in [-0.1, -0.05) is 0 Å². The Hall–Kier alpha value is -3.99. The first-order valence-corrected chi connectivity index (χ1v) is 13.2. The SMILES string of the molecule is COCOc1c(-c2ccc3cc(N4C[C@@H](F)[C@H](N(C)C(=O)OC(C)(C)C)C4)cnc3n2)cc2cn(C)nc2c1C. The number of fused-ring (bicyclic) bond motifs is 2. The van der Waals surface area contributed by atoms with Crippen LogP contribution < -0.4 is 9.64 Å². The molecule has 1 aliphatic heterocycles. The van der Waals surface area contributed by atoms with E-state index in [1.807, 2.05) is 49.3 Å². The third kappa shape index (κ3) is 5.38. The predicted octanol–water partition coefficient (Wildman–Crippen LogP) is 4.87. The number of benzene rings is 1. The van der Waals surface area contributed by atoms with E-state index in [-0.39, 0.29) is 13.3 Å². The number of methoxy groups -OCH3 is 1. The van der Waals surface area contributed by atoms with Gasteiger partial charge in [0.1, 0.15) is 17.5 Å². The number of pyridine rings is 2. The second-order valence-corrected chi connectivity index (χ2v) is 11.2. The van der Waals surface area contributed by atoms with Crippen molar-refractivity contribution < 1.29 is 23.4 Å². The van der Waals surface area contributed by atoms with Crippen LogP contribution in [0.4, 0.5) is 14.9 Å². The van der Waals surface area contributed by atoms with Gasteiger partial charge in [0.25, 0.3) is 0 Å². The van der Waals surface area contributed by atoms with Crippen molar-refractivity contribution in [3.8, 4) is 17.0 Å². The Labute approximate surface area is 232 Å². The Morgan fingerprint density at radius 3 is 2.70 bits per heavy atom. The smallest absolute Gasteiger partial charge is 0.410 e. The van der Waals surface area contributed by atoms with Crippen molar-refractivity contribution in [1.82, 2.24) is 24.6 Å². The van der Waals surface area contributed by atoms with Crippen LogP contribution in [-0.4, -0.2) is 82.6 Å². The summed E-state index contributed by atoms with van der Waals surface area (Å²) in [6, 6.07) is 7.20. The van der Waals surface area contributed by atoms with Crippen molar-refractivity contribution in [3.05, 3.63) is 42.2 Å². The van der Waals surface area contributed by atoms with Crippen LogP contribution in [-0.2, 0) is 16.5 Å². The number of halogens is 1. The summed E-state index contributed by atoms with van der Waals surface area (Å²) in [7, 11) is 5.04. The van der Waals surface area contributed by atoms with Crippen molar-refractivity contribution in [3.63, 3.8) is 0 Å². The third-order valence-corrected chi connectivity index (χ3v) is 6.99. The predicted molar refractivity (Wildman–Crippen MR) is 151 cm³/mol. The summed E-state index contributed by atoms with van der Waals surface area (Å²) in [5.74, 6) is 0.655. The summed E-state index contributed by atoms with van der Waals surface area (Å²) in [5.41, 5.74) is 3.95. The highest BCUT2D eigenvalue weighted by Gasteiger charge is 2.39. The van der Waals surface area contributed by atoms with Crippen molar-refractivity contribution in [2.45, 2.75) is 45.5 Å². The van der Waals surface area contributed by atoms with Gasteiger partial charge in [0.2, 0.25) is 0 Å². The lowest BCUT2D eigenvalue weighted by Gasteiger charge is -2.29. The van der Waals surface area contributed by atoms with Gasteiger partial charge in [0.05, 0.1) is 35.7 Å². The molecule has 0 N–H and O–H groups in total. The maximum absolute atomic E-state index is 15.0. The summed E-state index contributed by atoms with van der Waals surface area (Å²) >= 11 is 0. The number of rotatable bonds is 6. The Bertz CT molecular complexity index is 1570. The molecule has 1 aliphatic rings. The zero-order valence-electron chi connectivity index (χ0n) is 23.9. The fraction of sp³-hybridized carbons (Fsp3) is 0.448. The molecule has 0 spiro atoms. The number of carbonyl (C=O) groups excluding carboxylic acids is 1. The Balaban J connectivity index is 1.42. The van der Waals surface area contributed by atoms with E-state index in [1.54, 1.807) is 45.8 Å². The Morgan fingerprint density at radius 2 is 1.98 bits per heavy atom. The van der Waals surface area contributed by atoms with Crippen molar-refractivity contribution in [1.29, 1.82) is 0 Å². The highest BCUT2D eigenvalue weighted by atomic mass is 19.1. The quantitative estimate of drug-likeness (QED) is 0.314. The number of alkyl halides is 1. The van der Waals surface area contributed by atoms with Crippen LogP contribution in [0.3, 0.4) is 0 Å². The molecule has 2 atom stereocenters. The van der Waals surface area contributed by atoms with Gasteiger partial charge in [0, 0.05) is 55.8 Å². The molecule has 1 aromatic carbocycles. The molecule has 1 fully saturated rings. The normalized spacial score (nSPS) is 17.6. The third-order valence-electron chi connectivity index (χ3n) is 6.99. The molecule has 0 aliphatic carbocycles. The van der Waals surface area contributed by atoms with Crippen LogP contribution in [0.25, 0.3) is 33.2 Å². The van der Waals surface area contributed by atoms with Crippen molar-refractivity contribution in [2.24, 2.45) is 7.05 Å². The number of aryl methyl sites for hydroxylation is 2. The lowest BCUT2D eigenvalue weighted by Crippen LogP contribution is -2.45. The molecule has 3 aromatic heterocycles. The van der Waals surface area contributed by atoms with Gasteiger partial charge >= 0.3 is 6.09 Å². The number of carbonyl (C=O) groups is 1. The standard InChI is InChI=1S/C29H35FN6O4/c1-17-25-19(13-34(5)33-25)11-21(26(17)39-16-38-7)23-9-8-18-10-20(12-31-27(18)32-23)36-14-22(30)24(15-36)35(6)28(37)40-29(2,3)4/h8-13,22,24H,14-16H2,1-7H3/t22-,24-/m1/s1. The molecular formula is C29H35FN6O4. The van der Waals surface area contributed by atoms with Gasteiger partial charge in [-0.3, -0.25) is 4.68 Å². The lowest BCUT2D eigenvalue weighted by atomic mass is 10.0.